The van der Waals surface area contributed by atoms with Gasteiger partial charge in [-0.3, -0.25) is 14.9 Å². The van der Waals surface area contributed by atoms with E-state index >= 15 is 0 Å². The van der Waals surface area contributed by atoms with Crippen LogP contribution in [0.1, 0.15) is 42.4 Å². The zero-order chi connectivity index (χ0) is 23.4. The number of anilines is 1. The summed E-state index contributed by atoms with van der Waals surface area (Å²) >= 11 is 0. The first-order valence-corrected chi connectivity index (χ1v) is 11.1. The van der Waals surface area contributed by atoms with Crippen LogP contribution in [0.2, 0.25) is 0 Å². The van der Waals surface area contributed by atoms with Crippen molar-refractivity contribution in [3.63, 3.8) is 0 Å². The summed E-state index contributed by atoms with van der Waals surface area (Å²) in [6.45, 7) is 4.23. The summed E-state index contributed by atoms with van der Waals surface area (Å²) in [7, 11) is 0. The van der Waals surface area contributed by atoms with Crippen LogP contribution in [0.5, 0.6) is 11.5 Å². The molecule has 1 fully saturated rings. The molecule has 2 aromatic carbocycles. The summed E-state index contributed by atoms with van der Waals surface area (Å²) in [5.74, 6) is 0.0997. The van der Waals surface area contributed by atoms with Gasteiger partial charge in [-0.15, -0.1) is 0 Å². The molecule has 2 aromatic rings. The van der Waals surface area contributed by atoms with Crippen molar-refractivity contribution in [2.24, 2.45) is 0 Å². The van der Waals surface area contributed by atoms with E-state index in [-0.39, 0.29) is 0 Å². The molecule has 1 heterocycles. The Morgan fingerprint density at radius 3 is 2.48 bits per heavy atom. The average Bonchev–Trinajstić information content (AvgIpc) is 3.31. The van der Waals surface area contributed by atoms with Gasteiger partial charge in [0, 0.05) is 5.69 Å². The van der Waals surface area contributed by atoms with Gasteiger partial charge in [0.25, 0.3) is 5.91 Å². The number of urea groups is 1. The second-order valence-electron chi connectivity index (χ2n) is 8.47. The zero-order valence-electron chi connectivity index (χ0n) is 18.9. The fourth-order valence-electron chi connectivity index (χ4n) is 4.40. The molecular weight excluding hydrogens is 424 g/mol. The molecular formula is C25H28N2O6. The van der Waals surface area contributed by atoms with Crippen LogP contribution < -0.4 is 20.1 Å². The van der Waals surface area contributed by atoms with E-state index in [2.05, 4.69) is 10.6 Å². The third-order valence-corrected chi connectivity index (χ3v) is 6.38. The van der Waals surface area contributed by atoms with E-state index in [4.69, 9.17) is 14.2 Å². The van der Waals surface area contributed by atoms with Crippen molar-refractivity contribution in [2.45, 2.75) is 44.9 Å². The second-order valence-corrected chi connectivity index (χ2v) is 8.47. The predicted molar refractivity (Wildman–Crippen MR) is 122 cm³/mol. The van der Waals surface area contributed by atoms with Crippen LogP contribution in [0.3, 0.4) is 0 Å². The molecule has 0 unspecified atom stereocenters. The summed E-state index contributed by atoms with van der Waals surface area (Å²) in [5, 5.41) is 4.86. The zero-order valence-corrected chi connectivity index (χ0v) is 18.9. The fraction of sp³-hybridized carbons (Fsp3) is 0.400. The van der Waals surface area contributed by atoms with Crippen LogP contribution in [0.25, 0.3) is 0 Å². The molecule has 0 saturated heterocycles. The highest BCUT2D eigenvalue weighted by Crippen LogP contribution is 2.45. The molecule has 0 atom stereocenters. The van der Waals surface area contributed by atoms with Crippen molar-refractivity contribution in [3.8, 4) is 11.5 Å². The van der Waals surface area contributed by atoms with Gasteiger partial charge in [-0.25, -0.2) is 4.79 Å². The maximum absolute atomic E-state index is 13.1. The number of carbonyl (C=O) groups is 3. The number of nitrogens with one attached hydrogen (secondary N) is 2. The standard InChI is InChI=1S/C25H28N2O6/c1-16-6-5-7-19(17(16)2)26-24(30)27-22(28)15-33-23(29)25(10-3-4-11-25)18-8-9-20-21(14-18)32-13-12-31-20/h5-9,14H,3-4,10-13,15H2,1-2H3,(H2,26,27,28,30). The van der Waals surface area contributed by atoms with Gasteiger partial charge in [0.15, 0.2) is 18.1 Å². The first-order chi connectivity index (χ1) is 15.9. The van der Waals surface area contributed by atoms with Crippen molar-refractivity contribution >= 4 is 23.6 Å². The lowest BCUT2D eigenvalue weighted by atomic mass is 9.78. The van der Waals surface area contributed by atoms with E-state index in [0.717, 1.165) is 29.5 Å². The van der Waals surface area contributed by atoms with Gasteiger partial charge >= 0.3 is 12.0 Å². The van der Waals surface area contributed by atoms with Crippen LogP contribution in [-0.4, -0.2) is 37.7 Å². The summed E-state index contributed by atoms with van der Waals surface area (Å²) in [6.07, 6.45) is 3.02. The molecule has 2 N–H and O–H groups in total. The molecule has 0 spiro atoms. The third kappa shape index (κ3) is 4.79. The van der Waals surface area contributed by atoms with Crippen LogP contribution in [0.4, 0.5) is 10.5 Å². The molecule has 2 aliphatic rings. The molecule has 0 aromatic heterocycles. The van der Waals surface area contributed by atoms with Gasteiger partial charge in [-0.05, 0) is 61.6 Å². The number of ether oxygens (including phenoxy) is 3. The summed E-state index contributed by atoms with van der Waals surface area (Å²) in [4.78, 5) is 37.6. The van der Waals surface area contributed by atoms with Crippen LogP contribution >= 0.6 is 0 Å². The van der Waals surface area contributed by atoms with E-state index in [1.165, 1.54) is 0 Å². The van der Waals surface area contributed by atoms with Gasteiger partial charge in [-0.2, -0.15) is 0 Å². The Bertz CT molecular complexity index is 1070. The third-order valence-electron chi connectivity index (χ3n) is 6.38. The number of esters is 1. The lowest BCUT2D eigenvalue weighted by Crippen LogP contribution is -2.40. The Morgan fingerprint density at radius 2 is 1.73 bits per heavy atom. The monoisotopic (exact) mass is 452 g/mol. The van der Waals surface area contributed by atoms with Crippen molar-refractivity contribution in [1.82, 2.24) is 5.32 Å². The minimum absolute atomic E-state index is 0.457. The van der Waals surface area contributed by atoms with Gasteiger partial charge in [0.2, 0.25) is 0 Å². The highest BCUT2D eigenvalue weighted by atomic mass is 16.6. The molecule has 1 aliphatic heterocycles. The van der Waals surface area contributed by atoms with E-state index < -0.39 is 29.9 Å². The van der Waals surface area contributed by atoms with E-state index in [9.17, 15) is 14.4 Å². The van der Waals surface area contributed by atoms with Gasteiger partial charge in [0.1, 0.15) is 13.2 Å². The highest BCUT2D eigenvalue weighted by Gasteiger charge is 2.45. The second kappa shape index (κ2) is 9.52. The molecule has 8 heteroatoms. The molecule has 4 rings (SSSR count). The quantitative estimate of drug-likeness (QED) is 0.670. The largest absolute Gasteiger partial charge is 0.486 e. The van der Waals surface area contributed by atoms with E-state index in [0.29, 0.717) is 43.2 Å². The Morgan fingerprint density at radius 1 is 1.00 bits per heavy atom. The molecule has 174 valence electrons. The van der Waals surface area contributed by atoms with Gasteiger partial charge in [0.05, 0.1) is 5.41 Å². The fourth-order valence-corrected chi connectivity index (χ4v) is 4.40. The lowest BCUT2D eigenvalue weighted by Gasteiger charge is -2.28. The number of aryl methyl sites for hydroxylation is 1. The van der Waals surface area contributed by atoms with Crippen molar-refractivity contribution in [3.05, 3.63) is 53.1 Å². The first kappa shape index (κ1) is 22.6. The Hall–Kier alpha value is -3.55. The number of rotatable bonds is 5. The van der Waals surface area contributed by atoms with E-state index in [1.54, 1.807) is 6.07 Å². The SMILES string of the molecule is Cc1cccc(NC(=O)NC(=O)COC(=O)C2(c3ccc4c(c3)OCCO4)CCCC2)c1C. The predicted octanol–water partition coefficient (Wildman–Crippen LogP) is 3.78. The van der Waals surface area contributed by atoms with Crippen molar-refractivity contribution in [2.75, 3.05) is 25.1 Å². The number of hydrogen-bond donors (Lipinski definition) is 2. The number of hydrogen-bond acceptors (Lipinski definition) is 6. The number of benzene rings is 2. The Kier molecular flexibility index (Phi) is 6.53. The van der Waals surface area contributed by atoms with Crippen molar-refractivity contribution < 1.29 is 28.6 Å². The minimum Gasteiger partial charge on any atom is -0.486 e. The smallest absolute Gasteiger partial charge is 0.325 e. The average molecular weight is 453 g/mol. The van der Waals surface area contributed by atoms with E-state index in [1.807, 2.05) is 44.2 Å². The maximum Gasteiger partial charge on any atom is 0.325 e. The highest BCUT2D eigenvalue weighted by molar-refractivity contribution is 6.02. The summed E-state index contributed by atoms with van der Waals surface area (Å²) < 4.78 is 16.6. The van der Waals surface area contributed by atoms with Crippen LogP contribution in [0, 0.1) is 13.8 Å². The Balaban J connectivity index is 1.38. The normalized spacial score (nSPS) is 16.1. The van der Waals surface area contributed by atoms with Crippen molar-refractivity contribution in [1.29, 1.82) is 0 Å². The molecule has 33 heavy (non-hydrogen) atoms. The molecule has 1 aliphatic carbocycles. The number of imide groups is 1. The summed E-state index contributed by atoms with van der Waals surface area (Å²) in [6, 6.07) is 10.3. The minimum atomic E-state index is -0.836. The lowest BCUT2D eigenvalue weighted by molar-refractivity contribution is -0.154. The molecule has 1 saturated carbocycles. The van der Waals surface area contributed by atoms with Crippen LogP contribution in [-0.2, 0) is 19.7 Å². The molecule has 8 nitrogen and oxygen atoms in total. The molecule has 0 bridgehead atoms. The number of amides is 3. The number of fused-ring (bicyclic) bond motifs is 1. The number of carbonyl (C=O) groups excluding carboxylic acids is 3. The first-order valence-electron chi connectivity index (χ1n) is 11.1. The maximum atomic E-state index is 13.1. The molecule has 0 radical (unpaired) electrons. The topological polar surface area (TPSA) is 103 Å². The van der Waals surface area contributed by atoms with Gasteiger partial charge < -0.3 is 19.5 Å². The summed E-state index contributed by atoms with van der Waals surface area (Å²) in [5.41, 5.74) is 2.50. The Labute approximate surface area is 192 Å². The molecule has 3 amide bonds. The van der Waals surface area contributed by atoms with Gasteiger partial charge in [-0.1, -0.05) is 31.0 Å². The van der Waals surface area contributed by atoms with Crippen LogP contribution in [0.15, 0.2) is 36.4 Å².